The fourth-order valence-electron chi connectivity index (χ4n) is 4.04. The highest BCUT2D eigenvalue weighted by Crippen LogP contribution is 2.18. The van der Waals surface area contributed by atoms with Crippen LogP contribution in [0.5, 0.6) is 0 Å². The van der Waals surface area contributed by atoms with E-state index in [2.05, 4.69) is 39.8 Å². The molecular weight excluding hydrogens is 382 g/mol. The van der Waals surface area contributed by atoms with Crippen molar-refractivity contribution in [2.24, 2.45) is 0 Å². The summed E-state index contributed by atoms with van der Waals surface area (Å²) in [5.74, 6) is -0.0549. The van der Waals surface area contributed by atoms with Crippen molar-refractivity contribution in [2.75, 3.05) is 18.4 Å². The van der Waals surface area contributed by atoms with Crippen molar-refractivity contribution in [3.05, 3.63) is 101 Å². The molecule has 1 amide bonds. The predicted molar refractivity (Wildman–Crippen MR) is 127 cm³/mol. The molecule has 4 nitrogen and oxygen atoms in total. The van der Waals surface area contributed by atoms with E-state index >= 15 is 0 Å². The number of hydrogen-bond acceptors (Lipinski definition) is 3. The highest BCUT2D eigenvalue weighted by atomic mass is 16.2. The Morgan fingerprint density at radius 1 is 0.871 bits per heavy atom. The zero-order chi connectivity index (χ0) is 21.5. The van der Waals surface area contributed by atoms with Crippen molar-refractivity contribution in [2.45, 2.75) is 38.9 Å². The van der Waals surface area contributed by atoms with Crippen LogP contribution < -0.4 is 10.6 Å². The van der Waals surface area contributed by atoms with Crippen molar-refractivity contribution >= 4 is 11.6 Å². The number of nitrogens with one attached hydrogen (secondary N) is 2. The van der Waals surface area contributed by atoms with Gasteiger partial charge in [0, 0.05) is 18.8 Å². The van der Waals surface area contributed by atoms with E-state index < -0.39 is 6.04 Å². The molecule has 1 aliphatic rings. The molecule has 1 heterocycles. The first kappa shape index (κ1) is 21.3. The fourth-order valence-corrected chi connectivity index (χ4v) is 4.04. The summed E-state index contributed by atoms with van der Waals surface area (Å²) in [4.78, 5) is 15.6. The van der Waals surface area contributed by atoms with Crippen LogP contribution in [0.15, 0.2) is 78.9 Å². The molecule has 0 aromatic heterocycles. The molecular formula is C27H31N3O. The largest absolute Gasteiger partial charge is 0.324 e. The summed E-state index contributed by atoms with van der Waals surface area (Å²) in [6.45, 7) is 6.11. The molecule has 0 spiro atoms. The van der Waals surface area contributed by atoms with Gasteiger partial charge < -0.3 is 5.32 Å². The molecule has 1 saturated heterocycles. The molecule has 3 aromatic rings. The highest BCUT2D eigenvalue weighted by Gasteiger charge is 2.20. The zero-order valence-corrected chi connectivity index (χ0v) is 18.2. The average molecular weight is 414 g/mol. The molecule has 4 heteroatoms. The summed E-state index contributed by atoms with van der Waals surface area (Å²) >= 11 is 0. The Labute approximate surface area is 185 Å². The lowest BCUT2D eigenvalue weighted by Gasteiger charge is -2.19. The van der Waals surface area contributed by atoms with Crippen LogP contribution in [-0.2, 0) is 17.9 Å². The first-order valence-corrected chi connectivity index (χ1v) is 11.1. The number of hydrogen-bond donors (Lipinski definition) is 2. The molecule has 31 heavy (non-hydrogen) atoms. The van der Waals surface area contributed by atoms with Crippen LogP contribution in [0.4, 0.5) is 5.69 Å². The number of nitrogens with zero attached hydrogens (tertiary/aromatic N) is 1. The van der Waals surface area contributed by atoms with Gasteiger partial charge >= 0.3 is 0 Å². The minimum absolute atomic E-state index is 0.0549. The molecule has 0 bridgehead atoms. The molecule has 4 rings (SSSR count). The predicted octanol–water partition coefficient (Wildman–Crippen LogP) is 5.06. The van der Waals surface area contributed by atoms with Gasteiger partial charge in [0.05, 0.1) is 0 Å². The number of benzene rings is 3. The van der Waals surface area contributed by atoms with Gasteiger partial charge in [-0.25, -0.2) is 0 Å². The van der Waals surface area contributed by atoms with Crippen LogP contribution in [0.3, 0.4) is 0 Å². The molecule has 2 N–H and O–H groups in total. The third-order valence-electron chi connectivity index (χ3n) is 5.85. The van der Waals surface area contributed by atoms with Crippen LogP contribution in [0, 0.1) is 6.92 Å². The fraction of sp³-hybridized carbons (Fsp3) is 0.296. The van der Waals surface area contributed by atoms with E-state index in [1.807, 2.05) is 61.5 Å². The first-order chi connectivity index (χ1) is 15.2. The number of carbonyl (C=O) groups excluding carboxylic acids is 1. The van der Waals surface area contributed by atoms with Crippen molar-refractivity contribution in [1.82, 2.24) is 10.2 Å². The lowest BCUT2D eigenvalue weighted by molar-refractivity contribution is -0.118. The van der Waals surface area contributed by atoms with E-state index in [1.54, 1.807) is 0 Å². The third kappa shape index (κ3) is 6.03. The molecule has 1 unspecified atom stereocenters. The van der Waals surface area contributed by atoms with Crippen molar-refractivity contribution in [3.63, 3.8) is 0 Å². The molecule has 0 saturated carbocycles. The normalized spacial score (nSPS) is 15.0. The Morgan fingerprint density at radius 2 is 1.52 bits per heavy atom. The SMILES string of the molecule is Cc1ccc(NC(=O)C(NCc2ccc(CN3CCCC3)cc2)c2ccccc2)cc1. The van der Waals surface area contributed by atoms with Crippen LogP contribution in [-0.4, -0.2) is 23.9 Å². The van der Waals surface area contributed by atoms with Gasteiger partial charge in [0.25, 0.3) is 0 Å². The molecule has 1 fully saturated rings. The Hall–Kier alpha value is -2.95. The second-order valence-corrected chi connectivity index (χ2v) is 8.38. The summed E-state index contributed by atoms with van der Waals surface area (Å²) in [7, 11) is 0. The molecule has 3 aromatic carbocycles. The topological polar surface area (TPSA) is 44.4 Å². The van der Waals surface area contributed by atoms with Gasteiger partial charge in [-0.2, -0.15) is 0 Å². The van der Waals surface area contributed by atoms with Crippen LogP contribution >= 0.6 is 0 Å². The standard InChI is InChI=1S/C27H31N3O/c1-21-9-15-25(16-10-21)29-27(31)26(24-7-3-2-4-8-24)28-19-22-11-13-23(14-12-22)20-30-17-5-6-18-30/h2-4,7-16,26,28H,5-6,17-20H2,1H3,(H,29,31). The summed E-state index contributed by atoms with van der Waals surface area (Å²) in [6.07, 6.45) is 2.63. The van der Waals surface area contributed by atoms with E-state index in [1.165, 1.54) is 42.6 Å². The van der Waals surface area contributed by atoms with E-state index in [0.29, 0.717) is 6.54 Å². The summed E-state index contributed by atoms with van der Waals surface area (Å²) in [5.41, 5.74) is 5.46. The minimum Gasteiger partial charge on any atom is -0.324 e. The second-order valence-electron chi connectivity index (χ2n) is 8.38. The van der Waals surface area contributed by atoms with Gasteiger partial charge in [0.2, 0.25) is 5.91 Å². The Morgan fingerprint density at radius 3 is 2.19 bits per heavy atom. The number of anilines is 1. The van der Waals surface area contributed by atoms with Gasteiger partial charge in [-0.15, -0.1) is 0 Å². The smallest absolute Gasteiger partial charge is 0.246 e. The maximum absolute atomic E-state index is 13.1. The molecule has 0 radical (unpaired) electrons. The zero-order valence-electron chi connectivity index (χ0n) is 18.2. The Balaban J connectivity index is 1.41. The first-order valence-electron chi connectivity index (χ1n) is 11.1. The lowest BCUT2D eigenvalue weighted by atomic mass is 10.0. The minimum atomic E-state index is -0.424. The monoisotopic (exact) mass is 413 g/mol. The second kappa shape index (κ2) is 10.4. The van der Waals surface area contributed by atoms with Gasteiger partial charge in [-0.05, 0) is 61.7 Å². The van der Waals surface area contributed by atoms with E-state index in [0.717, 1.165) is 17.8 Å². The maximum Gasteiger partial charge on any atom is 0.246 e. The Bertz CT molecular complexity index is 962. The van der Waals surface area contributed by atoms with E-state index in [9.17, 15) is 4.79 Å². The van der Waals surface area contributed by atoms with Gasteiger partial charge in [-0.1, -0.05) is 72.3 Å². The van der Waals surface area contributed by atoms with Crippen LogP contribution in [0.25, 0.3) is 0 Å². The van der Waals surface area contributed by atoms with Crippen LogP contribution in [0.2, 0.25) is 0 Å². The molecule has 0 aliphatic carbocycles. The number of carbonyl (C=O) groups is 1. The van der Waals surface area contributed by atoms with Crippen molar-refractivity contribution in [3.8, 4) is 0 Å². The van der Waals surface area contributed by atoms with Crippen molar-refractivity contribution < 1.29 is 4.79 Å². The third-order valence-corrected chi connectivity index (χ3v) is 5.85. The van der Waals surface area contributed by atoms with Gasteiger partial charge in [0.1, 0.15) is 6.04 Å². The van der Waals surface area contributed by atoms with Gasteiger partial charge in [0.15, 0.2) is 0 Å². The summed E-state index contributed by atoms with van der Waals surface area (Å²) in [5, 5.41) is 6.50. The summed E-state index contributed by atoms with van der Waals surface area (Å²) in [6, 6.07) is 26.1. The van der Waals surface area contributed by atoms with E-state index in [4.69, 9.17) is 0 Å². The highest BCUT2D eigenvalue weighted by molar-refractivity contribution is 5.95. The molecule has 160 valence electrons. The van der Waals surface area contributed by atoms with Crippen molar-refractivity contribution in [1.29, 1.82) is 0 Å². The number of aryl methyl sites for hydroxylation is 1. The quantitative estimate of drug-likeness (QED) is 0.542. The maximum atomic E-state index is 13.1. The Kier molecular flexibility index (Phi) is 7.13. The lowest BCUT2D eigenvalue weighted by Crippen LogP contribution is -2.32. The molecule has 1 aliphatic heterocycles. The molecule has 1 atom stereocenters. The number of likely N-dealkylation sites (tertiary alicyclic amines) is 1. The van der Waals surface area contributed by atoms with E-state index in [-0.39, 0.29) is 5.91 Å². The number of rotatable bonds is 8. The average Bonchev–Trinajstić information content (AvgIpc) is 3.30. The van der Waals surface area contributed by atoms with Crippen LogP contribution in [0.1, 0.15) is 41.1 Å². The summed E-state index contributed by atoms with van der Waals surface area (Å²) < 4.78 is 0. The van der Waals surface area contributed by atoms with Gasteiger partial charge in [-0.3, -0.25) is 15.0 Å². The number of amides is 1.